The zero-order valence-electron chi connectivity index (χ0n) is 10.8. The van der Waals surface area contributed by atoms with E-state index in [0.717, 1.165) is 5.56 Å². The fourth-order valence-electron chi connectivity index (χ4n) is 1.55. The summed E-state index contributed by atoms with van der Waals surface area (Å²) < 4.78 is 27.3. The van der Waals surface area contributed by atoms with Crippen LogP contribution in [0.1, 0.15) is 31.9 Å². The first kappa shape index (κ1) is 15.1. The lowest BCUT2D eigenvalue weighted by Crippen LogP contribution is -2.12. The topological polar surface area (TPSA) is 63.6 Å². The van der Waals surface area contributed by atoms with Crippen LogP contribution in [0.25, 0.3) is 0 Å². The van der Waals surface area contributed by atoms with Crippen LogP contribution in [-0.4, -0.2) is 20.6 Å². The van der Waals surface area contributed by atoms with Crippen molar-refractivity contribution in [2.75, 3.05) is 7.11 Å². The Labute approximate surface area is 112 Å². The molecule has 1 aromatic rings. The smallest absolute Gasteiger partial charge is 0.236 e. The van der Waals surface area contributed by atoms with Crippen LogP contribution in [0.15, 0.2) is 12.1 Å². The molecule has 0 aliphatic carbocycles. The Bertz CT molecular complexity index is 544. The Morgan fingerprint density at radius 1 is 1.33 bits per heavy atom. The van der Waals surface area contributed by atoms with Gasteiger partial charge in [0.15, 0.2) is 11.5 Å². The molecule has 0 saturated carbocycles. The molecule has 0 atom stereocenters. The number of phenolic OH excluding ortho intramolecular Hbond substituents is 1. The lowest BCUT2D eigenvalue weighted by atomic mass is 9.86. The molecule has 18 heavy (non-hydrogen) atoms. The molecule has 1 aromatic carbocycles. The van der Waals surface area contributed by atoms with Crippen LogP contribution < -0.4 is 4.74 Å². The van der Waals surface area contributed by atoms with E-state index in [1.165, 1.54) is 7.11 Å². The fraction of sp³-hybridized carbons (Fsp3) is 0.500. The lowest BCUT2D eigenvalue weighted by molar-refractivity contribution is 0.369. The molecule has 6 heteroatoms. The molecule has 0 aromatic heterocycles. The van der Waals surface area contributed by atoms with E-state index < -0.39 is 14.8 Å². The molecule has 102 valence electrons. The van der Waals surface area contributed by atoms with Crippen LogP contribution in [0, 0.1) is 0 Å². The molecule has 0 spiro atoms. The van der Waals surface area contributed by atoms with Gasteiger partial charge in [-0.3, -0.25) is 0 Å². The van der Waals surface area contributed by atoms with Gasteiger partial charge in [0.05, 0.1) is 12.9 Å². The second-order valence-corrected chi connectivity index (χ2v) is 7.90. The molecule has 0 bridgehead atoms. The molecular formula is C12H17ClO4S. The summed E-state index contributed by atoms with van der Waals surface area (Å²) in [6, 6.07) is 3.33. The van der Waals surface area contributed by atoms with Gasteiger partial charge in [0.1, 0.15) is 0 Å². The Morgan fingerprint density at radius 2 is 1.89 bits per heavy atom. The summed E-state index contributed by atoms with van der Waals surface area (Å²) in [4.78, 5) is 0. The first-order chi connectivity index (χ1) is 8.04. The fourth-order valence-corrected chi connectivity index (χ4v) is 2.49. The summed E-state index contributed by atoms with van der Waals surface area (Å²) in [6.07, 6.45) is 0. The van der Waals surface area contributed by atoms with Gasteiger partial charge in [-0.15, -0.1) is 0 Å². The van der Waals surface area contributed by atoms with Gasteiger partial charge in [-0.1, -0.05) is 26.8 Å². The molecule has 4 nitrogen and oxygen atoms in total. The van der Waals surface area contributed by atoms with Crippen LogP contribution in [-0.2, 0) is 20.2 Å². The van der Waals surface area contributed by atoms with Gasteiger partial charge in [0.2, 0.25) is 9.05 Å². The lowest BCUT2D eigenvalue weighted by Gasteiger charge is -2.21. The minimum absolute atomic E-state index is 0.185. The van der Waals surface area contributed by atoms with E-state index in [0.29, 0.717) is 0 Å². The van der Waals surface area contributed by atoms with E-state index in [-0.39, 0.29) is 22.5 Å². The van der Waals surface area contributed by atoms with Crippen molar-refractivity contribution in [2.45, 2.75) is 31.9 Å². The van der Waals surface area contributed by atoms with Crippen molar-refractivity contribution >= 4 is 19.7 Å². The standard InChI is InChI=1S/C12H17ClO4S/c1-12(2,3)9-5-8(7-18(13,15)16)11(14)10(6-9)17-4/h5-6,14H,7H2,1-4H3. The number of hydrogen-bond donors (Lipinski definition) is 1. The Balaban J connectivity index is 3.41. The molecule has 0 heterocycles. The average molecular weight is 293 g/mol. The van der Waals surface area contributed by atoms with Crippen LogP contribution in [0.2, 0.25) is 0 Å². The van der Waals surface area contributed by atoms with Crippen LogP contribution in [0.3, 0.4) is 0 Å². The molecule has 0 amide bonds. The van der Waals surface area contributed by atoms with E-state index in [9.17, 15) is 13.5 Å². The number of halogens is 1. The highest BCUT2D eigenvalue weighted by Gasteiger charge is 2.21. The van der Waals surface area contributed by atoms with E-state index in [1.54, 1.807) is 12.1 Å². The minimum Gasteiger partial charge on any atom is -0.504 e. The highest BCUT2D eigenvalue weighted by atomic mass is 35.7. The summed E-state index contributed by atoms with van der Waals surface area (Å²) in [5, 5.41) is 9.89. The zero-order chi connectivity index (χ0) is 14.1. The highest BCUT2D eigenvalue weighted by Crippen LogP contribution is 2.37. The van der Waals surface area contributed by atoms with Crippen molar-refractivity contribution in [3.05, 3.63) is 23.3 Å². The second kappa shape index (κ2) is 4.97. The van der Waals surface area contributed by atoms with Gasteiger partial charge in [-0.05, 0) is 17.0 Å². The van der Waals surface area contributed by atoms with Crippen LogP contribution in [0.5, 0.6) is 11.5 Å². The van der Waals surface area contributed by atoms with Gasteiger partial charge in [0.25, 0.3) is 0 Å². The maximum atomic E-state index is 11.1. The third-order valence-corrected chi connectivity index (χ3v) is 3.55. The molecule has 0 saturated heterocycles. The van der Waals surface area contributed by atoms with Gasteiger partial charge in [-0.25, -0.2) is 8.42 Å². The monoisotopic (exact) mass is 292 g/mol. The summed E-state index contributed by atoms with van der Waals surface area (Å²) in [5.74, 6) is -0.367. The average Bonchev–Trinajstić information content (AvgIpc) is 2.17. The molecule has 0 aliphatic rings. The predicted octanol–water partition coefficient (Wildman–Crippen LogP) is 2.77. The summed E-state index contributed by atoms with van der Waals surface area (Å²) >= 11 is 0. The Hall–Kier alpha value is -0.940. The number of aromatic hydroxyl groups is 1. The summed E-state index contributed by atoms with van der Waals surface area (Å²) in [5.41, 5.74) is 0.924. The molecule has 0 fully saturated rings. The number of hydrogen-bond acceptors (Lipinski definition) is 4. The highest BCUT2D eigenvalue weighted by molar-refractivity contribution is 8.13. The zero-order valence-corrected chi connectivity index (χ0v) is 12.4. The maximum Gasteiger partial charge on any atom is 0.236 e. The van der Waals surface area contributed by atoms with Crippen molar-refractivity contribution in [3.8, 4) is 11.5 Å². The maximum absolute atomic E-state index is 11.1. The SMILES string of the molecule is COc1cc(C(C)(C)C)cc(CS(=O)(=O)Cl)c1O. The van der Waals surface area contributed by atoms with Crippen molar-refractivity contribution < 1.29 is 18.3 Å². The normalized spacial score (nSPS) is 12.5. The quantitative estimate of drug-likeness (QED) is 0.870. The van der Waals surface area contributed by atoms with E-state index in [4.69, 9.17) is 15.4 Å². The van der Waals surface area contributed by atoms with Crippen LogP contribution in [0.4, 0.5) is 0 Å². The molecule has 1 N–H and O–H groups in total. The van der Waals surface area contributed by atoms with Crippen molar-refractivity contribution in [1.29, 1.82) is 0 Å². The van der Waals surface area contributed by atoms with E-state index in [2.05, 4.69) is 0 Å². The summed E-state index contributed by atoms with van der Waals surface area (Å²) in [6.45, 7) is 5.95. The Kier molecular flexibility index (Phi) is 4.18. The molecule has 0 aliphatic heterocycles. The van der Waals surface area contributed by atoms with Gasteiger partial charge in [-0.2, -0.15) is 0 Å². The molecule has 0 unspecified atom stereocenters. The van der Waals surface area contributed by atoms with Crippen molar-refractivity contribution in [3.63, 3.8) is 0 Å². The van der Waals surface area contributed by atoms with Gasteiger partial charge >= 0.3 is 0 Å². The molecule has 0 radical (unpaired) electrons. The second-order valence-electron chi connectivity index (χ2n) is 5.12. The third kappa shape index (κ3) is 3.78. The molecular weight excluding hydrogens is 276 g/mol. The van der Waals surface area contributed by atoms with E-state index >= 15 is 0 Å². The number of ether oxygens (including phenoxy) is 1. The van der Waals surface area contributed by atoms with Crippen molar-refractivity contribution in [1.82, 2.24) is 0 Å². The number of benzene rings is 1. The number of methoxy groups -OCH3 is 1. The largest absolute Gasteiger partial charge is 0.504 e. The van der Waals surface area contributed by atoms with Gasteiger partial charge < -0.3 is 9.84 Å². The third-order valence-electron chi connectivity index (χ3n) is 2.57. The number of rotatable bonds is 3. The number of phenols is 1. The first-order valence-corrected chi connectivity index (χ1v) is 7.85. The van der Waals surface area contributed by atoms with Crippen LogP contribution >= 0.6 is 10.7 Å². The van der Waals surface area contributed by atoms with E-state index in [1.807, 2.05) is 20.8 Å². The Morgan fingerprint density at radius 3 is 2.28 bits per heavy atom. The van der Waals surface area contributed by atoms with Crippen molar-refractivity contribution in [2.24, 2.45) is 0 Å². The van der Waals surface area contributed by atoms with Gasteiger partial charge in [0, 0.05) is 16.2 Å². The first-order valence-electron chi connectivity index (χ1n) is 5.37. The predicted molar refractivity (Wildman–Crippen MR) is 71.8 cm³/mol. The minimum atomic E-state index is -3.73. The molecule has 1 rings (SSSR count). The summed E-state index contributed by atoms with van der Waals surface area (Å²) in [7, 11) is 2.91.